The molecule has 0 amide bonds. The van der Waals surface area contributed by atoms with Crippen molar-refractivity contribution < 1.29 is 19.1 Å². The Hall–Kier alpha value is -1.19. The lowest BCUT2D eigenvalue weighted by Gasteiger charge is -2.22. The van der Waals surface area contributed by atoms with Crippen molar-refractivity contribution in [2.75, 3.05) is 0 Å². The standard InChI is InChI=1S/C11H18O4/c1-8(13)9(6-5-7-12)10(14)15-11(2,3)4/h7,9H,5-6H2,1-4H3. The van der Waals surface area contributed by atoms with Gasteiger partial charge in [0.1, 0.15) is 23.6 Å². The molecule has 0 radical (unpaired) electrons. The molecule has 0 spiro atoms. The van der Waals surface area contributed by atoms with Crippen molar-refractivity contribution in [1.82, 2.24) is 0 Å². The molecule has 0 aromatic carbocycles. The van der Waals surface area contributed by atoms with Crippen molar-refractivity contribution >= 4 is 18.0 Å². The van der Waals surface area contributed by atoms with Gasteiger partial charge in [0.25, 0.3) is 0 Å². The van der Waals surface area contributed by atoms with Crippen LogP contribution in [0.15, 0.2) is 0 Å². The van der Waals surface area contributed by atoms with Crippen LogP contribution in [-0.2, 0) is 19.1 Å². The van der Waals surface area contributed by atoms with Gasteiger partial charge in [-0.05, 0) is 34.1 Å². The monoisotopic (exact) mass is 214 g/mol. The Morgan fingerprint density at radius 3 is 2.20 bits per heavy atom. The van der Waals surface area contributed by atoms with E-state index in [0.29, 0.717) is 6.29 Å². The van der Waals surface area contributed by atoms with E-state index in [2.05, 4.69) is 0 Å². The van der Waals surface area contributed by atoms with Crippen LogP contribution in [0.3, 0.4) is 0 Å². The molecule has 0 aliphatic carbocycles. The van der Waals surface area contributed by atoms with Crippen LogP contribution in [0, 0.1) is 5.92 Å². The molecule has 0 fully saturated rings. The Balaban J connectivity index is 4.42. The number of carbonyl (C=O) groups excluding carboxylic acids is 3. The second kappa shape index (κ2) is 5.63. The first kappa shape index (κ1) is 13.8. The topological polar surface area (TPSA) is 60.4 Å². The van der Waals surface area contributed by atoms with E-state index < -0.39 is 17.5 Å². The summed E-state index contributed by atoms with van der Waals surface area (Å²) in [6, 6.07) is 0. The maximum Gasteiger partial charge on any atom is 0.316 e. The average Bonchev–Trinajstić information content (AvgIpc) is 2.00. The van der Waals surface area contributed by atoms with Crippen LogP contribution in [-0.4, -0.2) is 23.6 Å². The molecule has 0 aromatic rings. The summed E-state index contributed by atoms with van der Waals surface area (Å²) in [5, 5.41) is 0. The predicted octanol–water partition coefficient (Wildman–Crippen LogP) is 1.51. The van der Waals surface area contributed by atoms with Gasteiger partial charge in [0.15, 0.2) is 0 Å². The molecule has 0 saturated carbocycles. The Kier molecular flexibility index (Phi) is 5.19. The van der Waals surface area contributed by atoms with Crippen molar-refractivity contribution in [3.63, 3.8) is 0 Å². The molecule has 86 valence electrons. The van der Waals surface area contributed by atoms with Crippen molar-refractivity contribution in [1.29, 1.82) is 0 Å². The van der Waals surface area contributed by atoms with Crippen molar-refractivity contribution in [3.05, 3.63) is 0 Å². The van der Waals surface area contributed by atoms with Gasteiger partial charge in [-0.3, -0.25) is 9.59 Å². The first-order chi connectivity index (χ1) is 6.78. The number of carbonyl (C=O) groups is 3. The normalized spacial score (nSPS) is 13.1. The van der Waals surface area contributed by atoms with Crippen molar-refractivity contribution in [3.8, 4) is 0 Å². The van der Waals surface area contributed by atoms with Gasteiger partial charge in [-0.1, -0.05) is 0 Å². The zero-order chi connectivity index (χ0) is 12.1. The van der Waals surface area contributed by atoms with Gasteiger partial charge in [0.05, 0.1) is 0 Å². The molecule has 1 unspecified atom stereocenters. The maximum atomic E-state index is 11.5. The van der Waals surface area contributed by atoms with E-state index in [1.807, 2.05) is 0 Å². The van der Waals surface area contributed by atoms with Gasteiger partial charge in [0.2, 0.25) is 0 Å². The largest absolute Gasteiger partial charge is 0.459 e. The molecule has 15 heavy (non-hydrogen) atoms. The van der Waals surface area contributed by atoms with Gasteiger partial charge >= 0.3 is 5.97 Å². The highest BCUT2D eigenvalue weighted by atomic mass is 16.6. The molecule has 0 aliphatic rings. The van der Waals surface area contributed by atoms with E-state index in [-0.39, 0.29) is 18.6 Å². The molecule has 0 bridgehead atoms. The average molecular weight is 214 g/mol. The fourth-order valence-corrected chi connectivity index (χ4v) is 1.09. The molecule has 0 saturated heterocycles. The van der Waals surface area contributed by atoms with E-state index in [4.69, 9.17) is 4.74 Å². The molecule has 0 N–H and O–H groups in total. The van der Waals surface area contributed by atoms with E-state index in [1.165, 1.54) is 6.92 Å². The van der Waals surface area contributed by atoms with Gasteiger partial charge in [-0.15, -0.1) is 0 Å². The van der Waals surface area contributed by atoms with E-state index in [9.17, 15) is 14.4 Å². The van der Waals surface area contributed by atoms with E-state index >= 15 is 0 Å². The summed E-state index contributed by atoms with van der Waals surface area (Å²) in [6.45, 7) is 6.55. The van der Waals surface area contributed by atoms with Crippen molar-refractivity contribution in [2.45, 2.75) is 46.1 Å². The molecule has 0 rings (SSSR count). The third-order valence-corrected chi connectivity index (χ3v) is 1.76. The summed E-state index contributed by atoms with van der Waals surface area (Å²) >= 11 is 0. The molecular formula is C11H18O4. The maximum absolute atomic E-state index is 11.5. The summed E-state index contributed by atoms with van der Waals surface area (Å²) < 4.78 is 5.08. The number of Topliss-reactive ketones (excluding diaryl/α,β-unsaturated/α-hetero) is 1. The molecule has 0 aromatic heterocycles. The van der Waals surface area contributed by atoms with Gasteiger partial charge in [0, 0.05) is 6.42 Å². The highest BCUT2D eigenvalue weighted by Gasteiger charge is 2.28. The smallest absolute Gasteiger partial charge is 0.316 e. The number of rotatable bonds is 5. The summed E-state index contributed by atoms with van der Waals surface area (Å²) in [5.74, 6) is -1.61. The Bertz CT molecular complexity index is 250. The zero-order valence-corrected chi connectivity index (χ0v) is 9.70. The minimum atomic E-state index is -0.811. The molecule has 0 aliphatic heterocycles. The molecule has 4 heteroatoms. The third kappa shape index (κ3) is 5.99. The highest BCUT2D eigenvalue weighted by molar-refractivity contribution is 5.97. The quantitative estimate of drug-likeness (QED) is 0.395. The number of hydrogen-bond acceptors (Lipinski definition) is 4. The fourth-order valence-electron chi connectivity index (χ4n) is 1.09. The molecule has 1 atom stereocenters. The Morgan fingerprint density at radius 1 is 1.33 bits per heavy atom. The van der Waals surface area contributed by atoms with E-state index in [0.717, 1.165) is 0 Å². The van der Waals surface area contributed by atoms with Crippen molar-refractivity contribution in [2.24, 2.45) is 5.92 Å². The summed E-state index contributed by atoms with van der Waals surface area (Å²) in [5.41, 5.74) is -0.605. The second-order valence-corrected chi connectivity index (χ2v) is 4.44. The number of ether oxygens (including phenoxy) is 1. The van der Waals surface area contributed by atoms with Crippen LogP contribution >= 0.6 is 0 Å². The lowest BCUT2D eigenvalue weighted by molar-refractivity contribution is -0.162. The minimum absolute atomic E-state index is 0.198. The zero-order valence-electron chi connectivity index (χ0n) is 9.70. The van der Waals surface area contributed by atoms with Crippen LogP contribution < -0.4 is 0 Å². The second-order valence-electron chi connectivity index (χ2n) is 4.44. The van der Waals surface area contributed by atoms with Gasteiger partial charge in [-0.2, -0.15) is 0 Å². The lowest BCUT2D eigenvalue weighted by Crippen LogP contribution is -2.32. The third-order valence-electron chi connectivity index (χ3n) is 1.76. The number of hydrogen-bond donors (Lipinski definition) is 0. The Morgan fingerprint density at radius 2 is 1.87 bits per heavy atom. The van der Waals surface area contributed by atoms with Crippen LogP contribution in [0.5, 0.6) is 0 Å². The minimum Gasteiger partial charge on any atom is -0.459 e. The number of ketones is 1. The molecular weight excluding hydrogens is 196 g/mol. The van der Waals surface area contributed by atoms with Crippen LogP contribution in [0.1, 0.15) is 40.5 Å². The fraction of sp³-hybridized carbons (Fsp3) is 0.727. The lowest BCUT2D eigenvalue weighted by atomic mass is 9.99. The van der Waals surface area contributed by atoms with Gasteiger partial charge < -0.3 is 9.53 Å². The van der Waals surface area contributed by atoms with Crippen LogP contribution in [0.25, 0.3) is 0 Å². The summed E-state index contributed by atoms with van der Waals surface area (Å²) in [7, 11) is 0. The van der Waals surface area contributed by atoms with Crippen LogP contribution in [0.2, 0.25) is 0 Å². The Labute approximate surface area is 90.0 Å². The summed E-state index contributed by atoms with van der Waals surface area (Å²) in [6.07, 6.45) is 1.12. The predicted molar refractivity (Wildman–Crippen MR) is 55.3 cm³/mol. The van der Waals surface area contributed by atoms with Gasteiger partial charge in [-0.25, -0.2) is 0 Å². The molecule has 4 nitrogen and oxygen atoms in total. The first-order valence-electron chi connectivity index (χ1n) is 4.95. The van der Waals surface area contributed by atoms with E-state index in [1.54, 1.807) is 20.8 Å². The first-order valence-corrected chi connectivity index (χ1v) is 4.95. The molecule has 0 heterocycles. The summed E-state index contributed by atoms with van der Waals surface area (Å²) in [4.78, 5) is 32.9. The number of esters is 1. The SMILES string of the molecule is CC(=O)C(CCC=O)C(=O)OC(C)(C)C. The number of aldehydes is 1. The highest BCUT2D eigenvalue weighted by Crippen LogP contribution is 2.15. The van der Waals surface area contributed by atoms with Crippen LogP contribution in [0.4, 0.5) is 0 Å².